The van der Waals surface area contributed by atoms with Gasteiger partial charge in [0, 0.05) is 17.5 Å². The molecule has 0 saturated heterocycles. The van der Waals surface area contributed by atoms with Crippen molar-refractivity contribution < 1.29 is 9.47 Å². The fourth-order valence-corrected chi connectivity index (χ4v) is 1.72. The Morgan fingerprint density at radius 1 is 1.33 bits per heavy atom. The van der Waals surface area contributed by atoms with Crippen molar-refractivity contribution in [2.24, 2.45) is 5.73 Å². The molecule has 1 aromatic heterocycles. The molecule has 0 aliphatic rings. The maximum Gasteiger partial charge on any atom is 0.248 e. The van der Waals surface area contributed by atoms with Crippen molar-refractivity contribution in [3.8, 4) is 11.5 Å². The normalized spacial score (nSPS) is 10.6. The number of ether oxygens (including phenoxy) is 2. The predicted molar refractivity (Wildman–Crippen MR) is 70.3 cm³/mol. The van der Waals surface area contributed by atoms with E-state index in [0.29, 0.717) is 30.2 Å². The lowest BCUT2D eigenvalue weighted by Crippen LogP contribution is -2.07. The first-order chi connectivity index (χ1) is 8.74. The number of rotatable bonds is 5. The van der Waals surface area contributed by atoms with Gasteiger partial charge in [0.1, 0.15) is 11.5 Å². The van der Waals surface area contributed by atoms with Gasteiger partial charge in [0.25, 0.3) is 0 Å². The van der Waals surface area contributed by atoms with Crippen molar-refractivity contribution in [3.63, 3.8) is 0 Å². The zero-order valence-electron chi connectivity index (χ0n) is 10.2. The Kier molecular flexibility index (Phi) is 3.84. The summed E-state index contributed by atoms with van der Waals surface area (Å²) in [5.41, 5.74) is 5.93. The van der Waals surface area contributed by atoms with Gasteiger partial charge in [0.2, 0.25) is 5.56 Å². The lowest BCUT2D eigenvalue weighted by atomic mass is 10.2. The number of fused-ring (bicyclic) bond motifs is 1. The van der Waals surface area contributed by atoms with Crippen molar-refractivity contribution in [3.05, 3.63) is 34.6 Å². The maximum atomic E-state index is 11.3. The summed E-state index contributed by atoms with van der Waals surface area (Å²) in [5, 5.41) is 0.872. The van der Waals surface area contributed by atoms with E-state index in [-0.39, 0.29) is 5.56 Å². The summed E-state index contributed by atoms with van der Waals surface area (Å²) in [6.45, 7) is 1.16. The van der Waals surface area contributed by atoms with Gasteiger partial charge in [-0.2, -0.15) is 0 Å². The van der Waals surface area contributed by atoms with Crippen LogP contribution < -0.4 is 20.8 Å². The van der Waals surface area contributed by atoms with Crippen LogP contribution in [0.15, 0.2) is 29.1 Å². The summed E-state index contributed by atoms with van der Waals surface area (Å²) in [6.07, 6.45) is 0.798. The summed E-state index contributed by atoms with van der Waals surface area (Å²) in [6, 6.07) is 6.84. The topological polar surface area (TPSA) is 77.3 Å². The lowest BCUT2D eigenvalue weighted by molar-refractivity contribution is 0.311. The van der Waals surface area contributed by atoms with Crippen LogP contribution in [0.2, 0.25) is 0 Å². The number of pyridine rings is 1. The first-order valence-electron chi connectivity index (χ1n) is 5.78. The smallest absolute Gasteiger partial charge is 0.248 e. The van der Waals surface area contributed by atoms with E-state index in [1.54, 1.807) is 19.2 Å². The SMILES string of the molecule is COc1cc(OCCCN)cc2ccc(=O)[nH]c12. The van der Waals surface area contributed by atoms with Crippen molar-refractivity contribution in [1.82, 2.24) is 4.98 Å². The minimum absolute atomic E-state index is 0.155. The van der Waals surface area contributed by atoms with Gasteiger partial charge in [-0.15, -0.1) is 0 Å². The largest absolute Gasteiger partial charge is 0.494 e. The monoisotopic (exact) mass is 248 g/mol. The molecule has 0 aliphatic carbocycles. The number of hydrogen-bond donors (Lipinski definition) is 2. The van der Waals surface area contributed by atoms with Gasteiger partial charge in [0.15, 0.2) is 0 Å². The Morgan fingerprint density at radius 3 is 2.89 bits per heavy atom. The van der Waals surface area contributed by atoms with Gasteiger partial charge >= 0.3 is 0 Å². The Labute approximate surface area is 105 Å². The first-order valence-corrected chi connectivity index (χ1v) is 5.78. The number of aromatic amines is 1. The van der Waals surface area contributed by atoms with Gasteiger partial charge in [-0.3, -0.25) is 4.79 Å². The predicted octanol–water partition coefficient (Wildman–Crippen LogP) is 1.26. The van der Waals surface area contributed by atoms with Crippen LogP contribution in [0.4, 0.5) is 0 Å². The highest BCUT2D eigenvalue weighted by molar-refractivity contribution is 5.85. The standard InChI is InChI=1S/C13H16N2O3/c1-17-11-8-10(18-6-2-5-14)7-9-3-4-12(16)15-13(9)11/h3-4,7-8H,2,5-6,14H2,1H3,(H,15,16). The summed E-state index contributed by atoms with van der Waals surface area (Å²) in [4.78, 5) is 14.0. The Hall–Kier alpha value is -2.01. The van der Waals surface area contributed by atoms with E-state index in [0.717, 1.165) is 11.8 Å². The Bertz CT molecular complexity index is 592. The lowest BCUT2D eigenvalue weighted by Gasteiger charge is -2.10. The van der Waals surface area contributed by atoms with Crippen molar-refractivity contribution in [2.45, 2.75) is 6.42 Å². The molecule has 5 heteroatoms. The number of nitrogens with two attached hydrogens (primary N) is 1. The molecule has 0 bridgehead atoms. The summed E-state index contributed by atoms with van der Waals surface area (Å²) >= 11 is 0. The zero-order valence-corrected chi connectivity index (χ0v) is 10.2. The second kappa shape index (κ2) is 5.55. The molecule has 0 atom stereocenters. The second-order valence-electron chi connectivity index (χ2n) is 3.90. The molecule has 5 nitrogen and oxygen atoms in total. The van der Waals surface area contributed by atoms with E-state index in [2.05, 4.69) is 4.98 Å². The fraction of sp³-hybridized carbons (Fsp3) is 0.308. The van der Waals surface area contributed by atoms with Crippen LogP contribution in [0.3, 0.4) is 0 Å². The van der Waals surface area contributed by atoms with Gasteiger partial charge < -0.3 is 20.2 Å². The number of hydrogen-bond acceptors (Lipinski definition) is 4. The molecule has 0 aliphatic heterocycles. The molecule has 96 valence electrons. The number of methoxy groups -OCH3 is 1. The summed E-state index contributed by atoms with van der Waals surface area (Å²) in [7, 11) is 1.56. The van der Waals surface area contributed by atoms with Gasteiger partial charge in [0.05, 0.1) is 19.2 Å². The maximum absolute atomic E-state index is 11.3. The van der Waals surface area contributed by atoms with E-state index in [9.17, 15) is 4.79 Å². The summed E-state index contributed by atoms with van der Waals surface area (Å²) in [5.74, 6) is 1.30. The molecule has 2 aromatic rings. The molecule has 0 amide bonds. The second-order valence-corrected chi connectivity index (χ2v) is 3.90. The minimum Gasteiger partial charge on any atom is -0.494 e. The number of H-pyrrole nitrogens is 1. The summed E-state index contributed by atoms with van der Waals surface area (Å²) < 4.78 is 10.8. The molecular formula is C13H16N2O3. The highest BCUT2D eigenvalue weighted by Crippen LogP contribution is 2.28. The molecule has 0 unspecified atom stereocenters. The molecule has 3 N–H and O–H groups in total. The Morgan fingerprint density at radius 2 is 2.17 bits per heavy atom. The van der Waals surface area contributed by atoms with E-state index < -0.39 is 0 Å². The van der Waals surface area contributed by atoms with Crippen molar-refractivity contribution >= 4 is 10.9 Å². The molecule has 1 aromatic carbocycles. The van der Waals surface area contributed by atoms with Gasteiger partial charge in [-0.05, 0) is 25.1 Å². The third-order valence-electron chi connectivity index (χ3n) is 2.61. The quantitative estimate of drug-likeness (QED) is 0.781. The van der Waals surface area contributed by atoms with Crippen LogP contribution in [0, 0.1) is 0 Å². The van der Waals surface area contributed by atoms with E-state index in [1.807, 2.05) is 6.07 Å². The van der Waals surface area contributed by atoms with Crippen LogP contribution in [-0.4, -0.2) is 25.2 Å². The third kappa shape index (κ3) is 2.62. The highest BCUT2D eigenvalue weighted by Gasteiger charge is 2.06. The fourth-order valence-electron chi connectivity index (χ4n) is 1.72. The molecular weight excluding hydrogens is 232 g/mol. The number of nitrogens with one attached hydrogen (secondary N) is 1. The zero-order chi connectivity index (χ0) is 13.0. The van der Waals surface area contributed by atoms with E-state index >= 15 is 0 Å². The van der Waals surface area contributed by atoms with E-state index in [1.165, 1.54) is 6.07 Å². The van der Waals surface area contributed by atoms with Gasteiger partial charge in [-0.1, -0.05) is 0 Å². The number of benzene rings is 1. The molecule has 2 rings (SSSR count). The number of aromatic nitrogens is 1. The van der Waals surface area contributed by atoms with Crippen molar-refractivity contribution in [1.29, 1.82) is 0 Å². The molecule has 18 heavy (non-hydrogen) atoms. The van der Waals surface area contributed by atoms with Crippen LogP contribution in [0.25, 0.3) is 10.9 Å². The molecule has 0 radical (unpaired) electrons. The van der Waals surface area contributed by atoms with Crippen LogP contribution >= 0.6 is 0 Å². The molecule has 0 saturated carbocycles. The first kappa shape index (κ1) is 12.4. The van der Waals surface area contributed by atoms with Crippen molar-refractivity contribution in [2.75, 3.05) is 20.3 Å². The van der Waals surface area contributed by atoms with Crippen LogP contribution in [0.1, 0.15) is 6.42 Å². The highest BCUT2D eigenvalue weighted by atomic mass is 16.5. The molecule has 1 heterocycles. The van der Waals surface area contributed by atoms with Crippen LogP contribution in [0.5, 0.6) is 11.5 Å². The average molecular weight is 248 g/mol. The van der Waals surface area contributed by atoms with Crippen LogP contribution in [-0.2, 0) is 0 Å². The minimum atomic E-state index is -0.155. The molecule has 0 spiro atoms. The van der Waals surface area contributed by atoms with Gasteiger partial charge in [-0.25, -0.2) is 0 Å². The molecule has 0 fully saturated rings. The van der Waals surface area contributed by atoms with E-state index in [4.69, 9.17) is 15.2 Å². The average Bonchev–Trinajstić information content (AvgIpc) is 2.38. The third-order valence-corrected chi connectivity index (χ3v) is 2.61. The Balaban J connectivity index is 2.39.